The topological polar surface area (TPSA) is 47.6 Å². The maximum Gasteiger partial charge on any atom is 0.234 e. The summed E-state index contributed by atoms with van der Waals surface area (Å²) in [6, 6.07) is 0.570. The van der Waals surface area contributed by atoms with Crippen LogP contribution in [0.3, 0.4) is 0 Å². The molecule has 5 heteroatoms. The predicted molar refractivity (Wildman–Crippen MR) is 79.3 cm³/mol. The SMILES string of the molecule is CC(C)N(C)CCCNC(=O)CN1CCCNCC1. The Morgan fingerprint density at radius 2 is 2.16 bits per heavy atom. The lowest BCUT2D eigenvalue weighted by Gasteiger charge is -2.21. The van der Waals surface area contributed by atoms with Crippen molar-refractivity contribution < 1.29 is 4.79 Å². The number of nitrogens with zero attached hydrogens (tertiary/aromatic N) is 2. The number of hydrogen-bond donors (Lipinski definition) is 2. The van der Waals surface area contributed by atoms with Gasteiger partial charge >= 0.3 is 0 Å². The van der Waals surface area contributed by atoms with E-state index in [9.17, 15) is 4.79 Å². The fraction of sp³-hybridized carbons (Fsp3) is 0.929. The van der Waals surface area contributed by atoms with Crippen molar-refractivity contribution in [1.82, 2.24) is 20.4 Å². The van der Waals surface area contributed by atoms with E-state index in [1.54, 1.807) is 0 Å². The average Bonchev–Trinajstić information content (AvgIpc) is 2.62. The lowest BCUT2D eigenvalue weighted by molar-refractivity contribution is -0.122. The van der Waals surface area contributed by atoms with E-state index in [0.717, 1.165) is 52.1 Å². The second-order valence-electron chi connectivity index (χ2n) is 5.66. The van der Waals surface area contributed by atoms with E-state index in [1.807, 2.05) is 0 Å². The molecule has 5 nitrogen and oxygen atoms in total. The van der Waals surface area contributed by atoms with Crippen molar-refractivity contribution in [1.29, 1.82) is 0 Å². The summed E-state index contributed by atoms with van der Waals surface area (Å²) in [6.07, 6.45) is 2.15. The van der Waals surface area contributed by atoms with Crippen LogP contribution in [-0.2, 0) is 4.79 Å². The molecule has 0 aromatic carbocycles. The number of hydrogen-bond acceptors (Lipinski definition) is 4. The molecule has 1 rings (SSSR count). The summed E-state index contributed by atoms with van der Waals surface area (Å²) in [4.78, 5) is 16.3. The van der Waals surface area contributed by atoms with Crippen LogP contribution in [0, 0.1) is 0 Å². The summed E-state index contributed by atoms with van der Waals surface area (Å²) >= 11 is 0. The summed E-state index contributed by atoms with van der Waals surface area (Å²) in [5, 5.41) is 6.36. The fourth-order valence-corrected chi connectivity index (χ4v) is 2.13. The summed E-state index contributed by atoms with van der Waals surface area (Å²) in [5.74, 6) is 0.161. The van der Waals surface area contributed by atoms with Gasteiger partial charge in [-0.1, -0.05) is 0 Å². The molecule has 112 valence electrons. The summed E-state index contributed by atoms with van der Waals surface area (Å²) in [7, 11) is 2.12. The van der Waals surface area contributed by atoms with Crippen LogP contribution in [0.5, 0.6) is 0 Å². The maximum atomic E-state index is 11.8. The number of carbonyl (C=O) groups is 1. The van der Waals surface area contributed by atoms with Gasteiger partial charge in [-0.3, -0.25) is 9.69 Å². The summed E-state index contributed by atoms with van der Waals surface area (Å²) < 4.78 is 0. The van der Waals surface area contributed by atoms with E-state index in [-0.39, 0.29) is 5.91 Å². The highest BCUT2D eigenvalue weighted by atomic mass is 16.2. The number of nitrogens with one attached hydrogen (secondary N) is 2. The molecule has 0 aromatic heterocycles. The first-order chi connectivity index (χ1) is 9.09. The fourth-order valence-electron chi connectivity index (χ4n) is 2.13. The van der Waals surface area contributed by atoms with Crippen LogP contribution in [0.4, 0.5) is 0 Å². The van der Waals surface area contributed by atoms with E-state index in [0.29, 0.717) is 12.6 Å². The van der Waals surface area contributed by atoms with E-state index < -0.39 is 0 Å². The molecule has 0 bridgehead atoms. The van der Waals surface area contributed by atoms with E-state index in [4.69, 9.17) is 0 Å². The first kappa shape index (κ1) is 16.4. The Kier molecular flexibility index (Phi) is 8.02. The molecule has 1 aliphatic heterocycles. The van der Waals surface area contributed by atoms with Crippen molar-refractivity contribution in [3.63, 3.8) is 0 Å². The second kappa shape index (κ2) is 9.28. The molecule has 0 spiro atoms. The number of amides is 1. The molecule has 1 amide bonds. The van der Waals surface area contributed by atoms with Gasteiger partial charge in [0.1, 0.15) is 0 Å². The largest absolute Gasteiger partial charge is 0.355 e. The molecule has 19 heavy (non-hydrogen) atoms. The predicted octanol–water partition coefficient (Wildman–Crippen LogP) is 0.128. The molecule has 1 saturated heterocycles. The van der Waals surface area contributed by atoms with Gasteiger partial charge in [-0.2, -0.15) is 0 Å². The van der Waals surface area contributed by atoms with Crippen LogP contribution >= 0.6 is 0 Å². The Bertz CT molecular complexity index is 250. The average molecular weight is 270 g/mol. The quantitative estimate of drug-likeness (QED) is 0.646. The van der Waals surface area contributed by atoms with Gasteiger partial charge in [-0.15, -0.1) is 0 Å². The molecule has 0 atom stereocenters. The van der Waals surface area contributed by atoms with Crippen LogP contribution in [0.25, 0.3) is 0 Å². The Labute approximate surface area is 117 Å². The molecule has 2 N–H and O–H groups in total. The third-order valence-electron chi connectivity index (χ3n) is 3.69. The molecule has 1 heterocycles. The highest BCUT2D eigenvalue weighted by Gasteiger charge is 2.12. The first-order valence-corrected chi connectivity index (χ1v) is 7.49. The van der Waals surface area contributed by atoms with Crippen molar-refractivity contribution >= 4 is 5.91 Å². The minimum atomic E-state index is 0.161. The standard InChI is InChI=1S/C14H30N4O/c1-13(2)17(3)9-5-7-16-14(19)12-18-10-4-6-15-8-11-18/h13,15H,4-12H2,1-3H3,(H,16,19). The normalized spacial score (nSPS) is 17.7. The van der Waals surface area contributed by atoms with E-state index >= 15 is 0 Å². The van der Waals surface area contributed by atoms with Gasteiger partial charge in [-0.25, -0.2) is 0 Å². The van der Waals surface area contributed by atoms with Crippen LogP contribution in [0.15, 0.2) is 0 Å². The molecule has 0 radical (unpaired) electrons. The zero-order chi connectivity index (χ0) is 14.1. The van der Waals surface area contributed by atoms with Crippen molar-refractivity contribution in [3.05, 3.63) is 0 Å². The molecule has 1 fully saturated rings. The maximum absolute atomic E-state index is 11.8. The van der Waals surface area contributed by atoms with Gasteiger partial charge in [0, 0.05) is 25.7 Å². The minimum absolute atomic E-state index is 0.161. The van der Waals surface area contributed by atoms with Gasteiger partial charge in [0.15, 0.2) is 0 Å². The molecule has 0 saturated carbocycles. The van der Waals surface area contributed by atoms with Gasteiger partial charge in [-0.05, 0) is 53.4 Å². The Hall–Kier alpha value is -0.650. The first-order valence-electron chi connectivity index (χ1n) is 7.49. The highest BCUT2D eigenvalue weighted by Crippen LogP contribution is 1.96. The summed E-state index contributed by atoms with van der Waals surface area (Å²) in [5.41, 5.74) is 0. The minimum Gasteiger partial charge on any atom is -0.355 e. The van der Waals surface area contributed by atoms with Crippen molar-refractivity contribution in [2.75, 3.05) is 52.9 Å². The lowest BCUT2D eigenvalue weighted by atomic mass is 10.3. The monoisotopic (exact) mass is 270 g/mol. The van der Waals surface area contributed by atoms with Crippen LogP contribution in [0.1, 0.15) is 26.7 Å². The molecule has 0 aromatic rings. The number of rotatable bonds is 7. The third kappa shape index (κ3) is 7.50. The molecule has 1 aliphatic rings. The Morgan fingerprint density at radius 1 is 1.37 bits per heavy atom. The molecular formula is C14H30N4O. The zero-order valence-corrected chi connectivity index (χ0v) is 12.7. The van der Waals surface area contributed by atoms with Crippen LogP contribution in [0.2, 0.25) is 0 Å². The third-order valence-corrected chi connectivity index (χ3v) is 3.69. The Morgan fingerprint density at radius 3 is 2.89 bits per heavy atom. The smallest absolute Gasteiger partial charge is 0.234 e. The second-order valence-corrected chi connectivity index (χ2v) is 5.66. The molecular weight excluding hydrogens is 240 g/mol. The van der Waals surface area contributed by atoms with Gasteiger partial charge in [0.2, 0.25) is 5.91 Å². The van der Waals surface area contributed by atoms with Gasteiger partial charge < -0.3 is 15.5 Å². The van der Waals surface area contributed by atoms with Gasteiger partial charge in [0.25, 0.3) is 0 Å². The molecule has 0 aliphatic carbocycles. The summed E-state index contributed by atoms with van der Waals surface area (Å²) in [6.45, 7) is 10.8. The van der Waals surface area contributed by atoms with Crippen molar-refractivity contribution in [3.8, 4) is 0 Å². The molecule has 0 unspecified atom stereocenters. The Balaban J connectivity index is 2.07. The van der Waals surface area contributed by atoms with Crippen LogP contribution in [-0.4, -0.2) is 74.6 Å². The zero-order valence-electron chi connectivity index (χ0n) is 12.7. The van der Waals surface area contributed by atoms with E-state index in [2.05, 4.69) is 41.3 Å². The van der Waals surface area contributed by atoms with Crippen molar-refractivity contribution in [2.24, 2.45) is 0 Å². The number of carbonyl (C=O) groups excluding carboxylic acids is 1. The van der Waals surface area contributed by atoms with E-state index in [1.165, 1.54) is 0 Å². The van der Waals surface area contributed by atoms with Crippen molar-refractivity contribution in [2.45, 2.75) is 32.7 Å². The lowest BCUT2D eigenvalue weighted by Crippen LogP contribution is -2.39. The van der Waals surface area contributed by atoms with Crippen LogP contribution < -0.4 is 10.6 Å². The van der Waals surface area contributed by atoms with Gasteiger partial charge in [0.05, 0.1) is 6.54 Å². The highest BCUT2D eigenvalue weighted by molar-refractivity contribution is 5.77.